The first-order valence-corrected chi connectivity index (χ1v) is 6.91. The number of nitrogens with two attached hydrogens (primary N) is 1. The Labute approximate surface area is 117 Å². The Bertz CT molecular complexity index is 624. The summed E-state index contributed by atoms with van der Waals surface area (Å²) in [5.41, 5.74) is 6.30. The minimum absolute atomic E-state index is 0.135. The van der Waals surface area contributed by atoms with Gasteiger partial charge < -0.3 is 5.73 Å². The molecule has 2 aromatic rings. The summed E-state index contributed by atoms with van der Waals surface area (Å²) in [5.74, 6) is 1.33. The summed E-state index contributed by atoms with van der Waals surface area (Å²) in [4.78, 5) is 0. The van der Waals surface area contributed by atoms with Gasteiger partial charge >= 0.3 is 0 Å². The molecular formula is C14H18FN5. The first kappa shape index (κ1) is 13.0. The zero-order valence-electron chi connectivity index (χ0n) is 11.6. The maximum absolute atomic E-state index is 13.6. The highest BCUT2D eigenvalue weighted by atomic mass is 19.1. The van der Waals surface area contributed by atoms with E-state index in [1.54, 1.807) is 12.1 Å². The molecule has 0 amide bonds. The molecule has 1 fully saturated rings. The number of nitrogens with zero attached hydrogens (tertiary/aromatic N) is 4. The first-order valence-electron chi connectivity index (χ1n) is 6.91. The molecule has 1 aromatic heterocycles. The van der Waals surface area contributed by atoms with Crippen molar-refractivity contribution in [1.82, 2.24) is 20.2 Å². The standard InChI is InChI=1S/C14H18FN5/c1-8-3-6-13(9(8)2)20-14(17-18-19-20)10-4-5-12(16)11(15)7-10/h4-5,7-9,13H,3,6,16H2,1-2H3. The van der Waals surface area contributed by atoms with Gasteiger partial charge in [-0.25, -0.2) is 9.07 Å². The van der Waals surface area contributed by atoms with Gasteiger partial charge in [0.25, 0.3) is 0 Å². The molecule has 0 radical (unpaired) electrons. The SMILES string of the molecule is CC1CCC(n2nnnc2-c2ccc(N)c(F)c2)C1C. The van der Waals surface area contributed by atoms with Gasteiger partial charge in [0.1, 0.15) is 5.82 Å². The van der Waals surface area contributed by atoms with Crippen LogP contribution in [0.3, 0.4) is 0 Å². The van der Waals surface area contributed by atoms with Crippen LogP contribution in [0.15, 0.2) is 18.2 Å². The van der Waals surface area contributed by atoms with Gasteiger partial charge in [-0.3, -0.25) is 0 Å². The zero-order valence-corrected chi connectivity index (χ0v) is 11.6. The predicted molar refractivity (Wildman–Crippen MR) is 74.2 cm³/mol. The number of nitrogen functional groups attached to an aromatic ring is 1. The molecular weight excluding hydrogens is 257 g/mol. The summed E-state index contributed by atoms with van der Waals surface area (Å²) in [5, 5.41) is 11.9. The summed E-state index contributed by atoms with van der Waals surface area (Å²) >= 11 is 0. The Hall–Kier alpha value is -1.98. The summed E-state index contributed by atoms with van der Waals surface area (Å²) in [6.07, 6.45) is 2.22. The van der Waals surface area contributed by atoms with Crippen molar-refractivity contribution < 1.29 is 4.39 Å². The third kappa shape index (κ3) is 2.05. The van der Waals surface area contributed by atoms with E-state index in [1.165, 1.54) is 12.5 Å². The maximum Gasteiger partial charge on any atom is 0.182 e. The number of tetrazole rings is 1. The predicted octanol–water partition coefficient (Wildman–Crippen LogP) is 2.67. The van der Waals surface area contributed by atoms with Crippen LogP contribution in [0.4, 0.5) is 10.1 Å². The van der Waals surface area contributed by atoms with Gasteiger partial charge in [0.05, 0.1) is 11.7 Å². The van der Waals surface area contributed by atoms with E-state index < -0.39 is 5.82 Å². The van der Waals surface area contributed by atoms with Crippen molar-refractivity contribution in [3.05, 3.63) is 24.0 Å². The normalized spacial score (nSPS) is 26.1. The highest BCUT2D eigenvalue weighted by Gasteiger charge is 2.33. The Morgan fingerprint density at radius 3 is 2.75 bits per heavy atom. The van der Waals surface area contributed by atoms with Crippen LogP contribution in [0, 0.1) is 17.7 Å². The molecule has 6 heteroatoms. The van der Waals surface area contributed by atoms with Gasteiger partial charge in [-0.1, -0.05) is 13.8 Å². The van der Waals surface area contributed by atoms with Gasteiger partial charge in [-0.2, -0.15) is 0 Å². The number of benzene rings is 1. The number of aromatic nitrogens is 4. The van der Waals surface area contributed by atoms with Crippen molar-refractivity contribution in [1.29, 1.82) is 0 Å². The van der Waals surface area contributed by atoms with E-state index in [-0.39, 0.29) is 11.7 Å². The molecule has 5 nitrogen and oxygen atoms in total. The van der Waals surface area contributed by atoms with Crippen LogP contribution in [-0.2, 0) is 0 Å². The second kappa shape index (κ2) is 4.85. The van der Waals surface area contributed by atoms with Crippen molar-refractivity contribution in [2.75, 3.05) is 5.73 Å². The molecule has 0 saturated heterocycles. The van der Waals surface area contributed by atoms with E-state index in [1.807, 2.05) is 4.68 Å². The molecule has 20 heavy (non-hydrogen) atoms. The monoisotopic (exact) mass is 275 g/mol. The van der Waals surface area contributed by atoms with Crippen molar-refractivity contribution >= 4 is 5.69 Å². The molecule has 3 rings (SSSR count). The molecule has 0 bridgehead atoms. The van der Waals surface area contributed by atoms with Crippen LogP contribution in [-0.4, -0.2) is 20.2 Å². The molecule has 3 unspecified atom stereocenters. The Morgan fingerprint density at radius 2 is 2.10 bits per heavy atom. The van der Waals surface area contributed by atoms with Crippen molar-refractivity contribution in [2.24, 2.45) is 11.8 Å². The molecule has 0 aliphatic heterocycles. The zero-order chi connectivity index (χ0) is 14.3. The molecule has 1 aliphatic carbocycles. The van der Waals surface area contributed by atoms with Crippen LogP contribution in [0.2, 0.25) is 0 Å². The van der Waals surface area contributed by atoms with E-state index >= 15 is 0 Å². The van der Waals surface area contributed by atoms with Crippen LogP contribution in [0.25, 0.3) is 11.4 Å². The number of hydrogen-bond donors (Lipinski definition) is 1. The van der Waals surface area contributed by atoms with Crippen LogP contribution >= 0.6 is 0 Å². The van der Waals surface area contributed by atoms with Gasteiger partial charge in [-0.15, -0.1) is 5.10 Å². The Balaban J connectivity index is 2.00. The molecule has 1 aliphatic rings. The second-order valence-electron chi connectivity index (χ2n) is 5.66. The molecule has 0 spiro atoms. The largest absolute Gasteiger partial charge is 0.396 e. The second-order valence-corrected chi connectivity index (χ2v) is 5.66. The maximum atomic E-state index is 13.6. The fourth-order valence-corrected chi connectivity index (χ4v) is 2.96. The lowest BCUT2D eigenvalue weighted by atomic mass is 9.98. The van der Waals surface area contributed by atoms with E-state index in [0.29, 0.717) is 23.2 Å². The van der Waals surface area contributed by atoms with E-state index in [4.69, 9.17) is 5.73 Å². The van der Waals surface area contributed by atoms with Crippen LogP contribution in [0.5, 0.6) is 0 Å². The van der Waals surface area contributed by atoms with Gasteiger partial charge in [0, 0.05) is 5.56 Å². The average Bonchev–Trinajstić information content (AvgIpc) is 3.01. The molecule has 1 saturated carbocycles. The number of rotatable bonds is 2. The average molecular weight is 275 g/mol. The number of anilines is 1. The lowest BCUT2D eigenvalue weighted by Gasteiger charge is -2.19. The van der Waals surface area contributed by atoms with Gasteiger partial charge in [0.2, 0.25) is 0 Å². The Kier molecular flexibility index (Phi) is 3.16. The summed E-state index contributed by atoms with van der Waals surface area (Å²) in [6.45, 7) is 4.47. The highest BCUT2D eigenvalue weighted by molar-refractivity contribution is 5.59. The van der Waals surface area contributed by atoms with Crippen molar-refractivity contribution in [2.45, 2.75) is 32.7 Å². The number of hydrogen-bond acceptors (Lipinski definition) is 4. The molecule has 1 aromatic carbocycles. The fourth-order valence-electron chi connectivity index (χ4n) is 2.96. The smallest absolute Gasteiger partial charge is 0.182 e. The highest BCUT2D eigenvalue weighted by Crippen LogP contribution is 2.40. The molecule has 1 heterocycles. The van der Waals surface area contributed by atoms with Gasteiger partial charge in [0.15, 0.2) is 5.82 Å². The summed E-state index contributed by atoms with van der Waals surface area (Å²) in [7, 11) is 0. The van der Waals surface area contributed by atoms with Crippen LogP contribution in [0.1, 0.15) is 32.7 Å². The lowest BCUT2D eigenvalue weighted by molar-refractivity contribution is 0.328. The van der Waals surface area contributed by atoms with Crippen molar-refractivity contribution in [3.63, 3.8) is 0 Å². The minimum atomic E-state index is -0.440. The first-order chi connectivity index (χ1) is 9.58. The van der Waals surface area contributed by atoms with Gasteiger partial charge in [-0.05, 0) is 53.3 Å². The molecule has 3 atom stereocenters. The number of halogens is 1. The minimum Gasteiger partial charge on any atom is -0.396 e. The molecule has 106 valence electrons. The summed E-state index contributed by atoms with van der Waals surface area (Å²) in [6, 6.07) is 4.96. The quantitative estimate of drug-likeness (QED) is 0.855. The van der Waals surface area contributed by atoms with Crippen LogP contribution < -0.4 is 5.73 Å². The Morgan fingerprint density at radius 1 is 1.30 bits per heavy atom. The fraction of sp³-hybridized carbons (Fsp3) is 0.500. The third-order valence-electron chi connectivity index (χ3n) is 4.49. The van der Waals surface area contributed by atoms with Crippen molar-refractivity contribution in [3.8, 4) is 11.4 Å². The topological polar surface area (TPSA) is 69.6 Å². The van der Waals surface area contributed by atoms with E-state index in [9.17, 15) is 4.39 Å². The third-order valence-corrected chi connectivity index (χ3v) is 4.49. The lowest BCUT2D eigenvalue weighted by Crippen LogP contribution is -2.17. The molecule has 2 N–H and O–H groups in total. The van der Waals surface area contributed by atoms with E-state index in [0.717, 1.165) is 6.42 Å². The summed E-state index contributed by atoms with van der Waals surface area (Å²) < 4.78 is 15.4. The van der Waals surface area contributed by atoms with E-state index in [2.05, 4.69) is 29.4 Å².